The van der Waals surface area contributed by atoms with Crippen molar-refractivity contribution in [3.63, 3.8) is 0 Å². The number of pyridine rings is 1. The third-order valence-corrected chi connectivity index (χ3v) is 5.24. The molecule has 0 aromatic carbocycles. The number of rotatable bonds is 5. The van der Waals surface area contributed by atoms with Crippen molar-refractivity contribution < 1.29 is 27.5 Å². The van der Waals surface area contributed by atoms with Crippen LogP contribution in [0.4, 0.5) is 19.0 Å². The van der Waals surface area contributed by atoms with Crippen LogP contribution in [0.2, 0.25) is 0 Å². The molecule has 0 radical (unpaired) electrons. The van der Waals surface area contributed by atoms with E-state index in [0.717, 1.165) is 17.8 Å². The van der Waals surface area contributed by atoms with Crippen molar-refractivity contribution in [1.82, 2.24) is 20.1 Å². The van der Waals surface area contributed by atoms with Crippen LogP contribution in [0.15, 0.2) is 41.1 Å². The summed E-state index contributed by atoms with van der Waals surface area (Å²) < 4.78 is 43.6. The molecule has 1 fully saturated rings. The Morgan fingerprint density at radius 2 is 2.10 bits per heavy atom. The zero-order valence-electron chi connectivity index (χ0n) is 16.6. The van der Waals surface area contributed by atoms with Crippen LogP contribution in [0.25, 0.3) is 11.5 Å². The molecular formula is C20H20F3N5O3. The lowest BCUT2D eigenvalue weighted by molar-refractivity contribution is -0.137. The molecule has 8 nitrogen and oxygen atoms in total. The van der Waals surface area contributed by atoms with Crippen LogP contribution in [0, 0.1) is 0 Å². The molecular weight excluding hydrogens is 415 g/mol. The molecule has 4 rings (SSSR count). The van der Waals surface area contributed by atoms with Crippen LogP contribution < -0.4 is 4.90 Å². The molecule has 0 amide bonds. The average Bonchev–Trinajstić information content (AvgIpc) is 3.37. The minimum atomic E-state index is -4.41. The fraction of sp³-hybridized carbons (Fsp3) is 0.350. The molecule has 0 aliphatic carbocycles. The summed E-state index contributed by atoms with van der Waals surface area (Å²) in [6.45, 7) is 4.51. The maximum absolute atomic E-state index is 12.8. The number of piperazine rings is 1. The summed E-state index contributed by atoms with van der Waals surface area (Å²) in [5.74, 6) is -0.421. The number of hydrogen-bond acceptors (Lipinski definition) is 6. The number of hydrogen-bond donors (Lipinski definition) is 2. The summed E-state index contributed by atoms with van der Waals surface area (Å²) in [7, 11) is 0. The van der Waals surface area contributed by atoms with Gasteiger partial charge in [-0.25, -0.2) is 9.78 Å². The van der Waals surface area contributed by atoms with Crippen LogP contribution in [-0.2, 0) is 12.7 Å². The normalized spacial score (nSPS) is 17.8. The Labute approximate surface area is 175 Å². The number of nitrogens with one attached hydrogen (secondary N) is 1. The van der Waals surface area contributed by atoms with Crippen LogP contribution in [0.5, 0.6) is 0 Å². The Balaban J connectivity index is 1.42. The van der Waals surface area contributed by atoms with E-state index in [1.807, 2.05) is 11.8 Å². The maximum Gasteiger partial charge on any atom is 0.417 e. The van der Waals surface area contributed by atoms with E-state index >= 15 is 0 Å². The first-order valence-corrected chi connectivity index (χ1v) is 9.61. The number of nitrogens with zero attached hydrogens (tertiary/aromatic N) is 4. The van der Waals surface area contributed by atoms with E-state index < -0.39 is 17.7 Å². The monoisotopic (exact) mass is 435 g/mol. The Morgan fingerprint density at radius 3 is 2.71 bits per heavy atom. The van der Waals surface area contributed by atoms with E-state index in [4.69, 9.17) is 9.52 Å². The van der Waals surface area contributed by atoms with Gasteiger partial charge in [-0.1, -0.05) is 0 Å². The van der Waals surface area contributed by atoms with Crippen molar-refractivity contribution in [2.24, 2.45) is 0 Å². The lowest BCUT2D eigenvalue weighted by atomic mass is 10.1. The lowest BCUT2D eigenvalue weighted by Gasteiger charge is -2.40. The lowest BCUT2D eigenvalue weighted by Crippen LogP contribution is -2.51. The third kappa shape index (κ3) is 4.41. The van der Waals surface area contributed by atoms with Gasteiger partial charge in [0.1, 0.15) is 11.5 Å². The van der Waals surface area contributed by atoms with Crippen molar-refractivity contribution in [2.75, 3.05) is 24.5 Å². The van der Waals surface area contributed by atoms with Crippen LogP contribution in [0.1, 0.15) is 28.6 Å². The predicted molar refractivity (Wildman–Crippen MR) is 105 cm³/mol. The van der Waals surface area contributed by atoms with E-state index in [1.54, 1.807) is 12.3 Å². The number of halogens is 3. The number of H-pyrrole nitrogens is 1. The minimum absolute atomic E-state index is 0.0376. The van der Waals surface area contributed by atoms with E-state index in [0.29, 0.717) is 43.5 Å². The Bertz CT molecular complexity index is 1060. The zero-order chi connectivity index (χ0) is 22.2. The van der Waals surface area contributed by atoms with Gasteiger partial charge in [-0.2, -0.15) is 18.3 Å². The molecule has 11 heteroatoms. The molecule has 1 unspecified atom stereocenters. The number of carbonyl (C=O) groups is 1. The van der Waals surface area contributed by atoms with Crippen molar-refractivity contribution in [1.29, 1.82) is 0 Å². The highest BCUT2D eigenvalue weighted by molar-refractivity contribution is 5.85. The summed E-state index contributed by atoms with van der Waals surface area (Å²) in [6.07, 6.45) is -1.80. The van der Waals surface area contributed by atoms with Crippen molar-refractivity contribution in [2.45, 2.75) is 25.7 Å². The van der Waals surface area contributed by atoms with E-state index in [1.165, 1.54) is 12.1 Å². The second kappa shape index (κ2) is 8.06. The number of anilines is 1. The molecule has 1 saturated heterocycles. The van der Waals surface area contributed by atoms with Gasteiger partial charge in [0.2, 0.25) is 5.76 Å². The molecule has 1 atom stereocenters. The predicted octanol–water partition coefficient (Wildman–Crippen LogP) is 3.49. The van der Waals surface area contributed by atoms with Gasteiger partial charge in [-0.3, -0.25) is 10.00 Å². The van der Waals surface area contributed by atoms with Gasteiger partial charge in [0.25, 0.3) is 0 Å². The van der Waals surface area contributed by atoms with Gasteiger partial charge >= 0.3 is 12.1 Å². The number of furan rings is 1. The summed E-state index contributed by atoms with van der Waals surface area (Å²) in [5.41, 5.74) is 0.644. The number of aromatic nitrogens is 3. The van der Waals surface area contributed by atoms with E-state index in [2.05, 4.69) is 20.1 Å². The fourth-order valence-corrected chi connectivity index (χ4v) is 3.71. The molecule has 0 spiro atoms. The third-order valence-electron chi connectivity index (χ3n) is 5.24. The number of alkyl halides is 3. The quantitative estimate of drug-likeness (QED) is 0.633. The van der Waals surface area contributed by atoms with Gasteiger partial charge in [0.05, 0.1) is 5.56 Å². The van der Waals surface area contributed by atoms with Gasteiger partial charge < -0.3 is 14.4 Å². The molecule has 31 heavy (non-hydrogen) atoms. The minimum Gasteiger partial charge on any atom is -0.475 e. The van der Waals surface area contributed by atoms with Crippen molar-refractivity contribution in [3.8, 4) is 11.5 Å². The second-order valence-electron chi connectivity index (χ2n) is 7.41. The van der Waals surface area contributed by atoms with Gasteiger partial charge in [-0.05, 0) is 31.2 Å². The molecule has 0 bridgehead atoms. The van der Waals surface area contributed by atoms with E-state index in [9.17, 15) is 18.0 Å². The van der Waals surface area contributed by atoms with E-state index in [-0.39, 0.29) is 11.8 Å². The number of carboxylic acid groups (broad SMARTS) is 1. The highest BCUT2D eigenvalue weighted by Crippen LogP contribution is 2.30. The van der Waals surface area contributed by atoms with Gasteiger partial charge in [0.15, 0.2) is 5.76 Å². The highest BCUT2D eigenvalue weighted by Gasteiger charge is 2.32. The SMILES string of the molecule is CC1CN(Cc2c[nH]nc2-c2ccc(C(=O)O)o2)CCN1c1ccc(C(F)(F)F)cn1. The average molecular weight is 435 g/mol. The van der Waals surface area contributed by atoms with Gasteiger partial charge in [0, 0.05) is 50.2 Å². The molecule has 3 aromatic rings. The summed E-state index contributed by atoms with van der Waals surface area (Å²) in [6, 6.07) is 5.44. The van der Waals surface area contributed by atoms with Gasteiger partial charge in [-0.15, -0.1) is 0 Å². The Hall–Kier alpha value is -3.34. The van der Waals surface area contributed by atoms with Crippen LogP contribution in [-0.4, -0.2) is 56.8 Å². The summed E-state index contributed by atoms with van der Waals surface area (Å²) in [5, 5.41) is 16.0. The molecule has 164 valence electrons. The molecule has 1 aliphatic rings. The summed E-state index contributed by atoms with van der Waals surface area (Å²) in [4.78, 5) is 19.2. The second-order valence-corrected chi connectivity index (χ2v) is 7.41. The smallest absolute Gasteiger partial charge is 0.417 e. The zero-order valence-corrected chi connectivity index (χ0v) is 16.6. The Kier molecular flexibility index (Phi) is 5.44. The first-order valence-electron chi connectivity index (χ1n) is 9.61. The highest BCUT2D eigenvalue weighted by atomic mass is 19.4. The number of aromatic carboxylic acids is 1. The molecule has 4 heterocycles. The summed E-state index contributed by atoms with van der Waals surface area (Å²) >= 11 is 0. The fourth-order valence-electron chi connectivity index (χ4n) is 3.71. The molecule has 0 saturated carbocycles. The van der Waals surface area contributed by atoms with Crippen molar-refractivity contribution >= 4 is 11.8 Å². The first-order chi connectivity index (χ1) is 14.7. The first kappa shape index (κ1) is 20.9. The van der Waals surface area contributed by atoms with Crippen LogP contribution >= 0.6 is 0 Å². The number of carboxylic acids is 1. The molecule has 3 aromatic heterocycles. The van der Waals surface area contributed by atoms with Crippen LogP contribution in [0.3, 0.4) is 0 Å². The molecule has 1 aliphatic heterocycles. The standard InChI is InChI=1S/C20H20F3N5O3/c1-12-10-27(6-7-28(12)17-5-2-14(9-24-17)20(21,22)23)11-13-8-25-26-18(13)15-3-4-16(31-15)19(29)30/h2-5,8-9,12H,6-7,10-11H2,1H3,(H,25,26)(H,29,30). The Morgan fingerprint density at radius 1 is 1.29 bits per heavy atom. The topological polar surface area (TPSA) is 98.5 Å². The maximum atomic E-state index is 12.8. The van der Waals surface area contributed by atoms with Crippen molar-refractivity contribution in [3.05, 3.63) is 53.5 Å². The largest absolute Gasteiger partial charge is 0.475 e. The molecule has 2 N–H and O–H groups in total. The number of aromatic amines is 1.